The number of hydrogen-bond acceptors (Lipinski definition) is 2. The van der Waals surface area contributed by atoms with Crippen LogP contribution in [0.1, 0.15) is 15.9 Å². The molecule has 4 rings (SSSR count). The summed E-state index contributed by atoms with van der Waals surface area (Å²) < 4.78 is 1.94. The third-order valence-electron chi connectivity index (χ3n) is 4.33. The first-order chi connectivity index (χ1) is 12.2. The summed E-state index contributed by atoms with van der Waals surface area (Å²) in [5, 5.41) is 7.32. The van der Waals surface area contributed by atoms with Crippen LogP contribution < -0.4 is 5.43 Å². The van der Waals surface area contributed by atoms with E-state index >= 15 is 0 Å². The average molecular weight is 327 g/mol. The van der Waals surface area contributed by atoms with E-state index in [-0.39, 0.29) is 5.91 Å². The molecule has 122 valence electrons. The molecule has 0 atom stereocenters. The molecule has 1 heterocycles. The molecule has 4 aromatic rings. The second-order valence-corrected chi connectivity index (χ2v) is 5.94. The maximum Gasteiger partial charge on any atom is 0.273 e. The van der Waals surface area contributed by atoms with Gasteiger partial charge in [0, 0.05) is 29.7 Å². The molecule has 0 aliphatic heterocycles. The van der Waals surface area contributed by atoms with Crippen molar-refractivity contribution in [3.05, 3.63) is 84.1 Å². The number of aromatic nitrogens is 1. The normalized spacial score (nSPS) is 11.4. The van der Waals surface area contributed by atoms with Gasteiger partial charge in [-0.1, -0.05) is 60.7 Å². The lowest BCUT2D eigenvalue weighted by Crippen LogP contribution is -2.17. The largest absolute Gasteiger partial charge is 0.350 e. The minimum Gasteiger partial charge on any atom is -0.350 e. The first-order valence-corrected chi connectivity index (χ1v) is 8.09. The number of para-hydroxylation sites is 1. The van der Waals surface area contributed by atoms with E-state index in [1.807, 2.05) is 72.4 Å². The van der Waals surface area contributed by atoms with Crippen molar-refractivity contribution in [3.8, 4) is 0 Å². The Labute approximate surface area is 145 Å². The summed E-state index contributed by atoms with van der Waals surface area (Å²) in [5.41, 5.74) is 5.24. The number of hydrogen-bond donors (Lipinski definition) is 1. The number of amides is 1. The predicted molar refractivity (Wildman–Crippen MR) is 102 cm³/mol. The predicted octanol–water partition coefficient (Wildman–Crippen LogP) is 4.10. The van der Waals surface area contributed by atoms with Crippen LogP contribution >= 0.6 is 0 Å². The Bertz CT molecular complexity index is 1100. The van der Waals surface area contributed by atoms with Crippen molar-refractivity contribution < 1.29 is 4.79 Å². The second-order valence-electron chi connectivity index (χ2n) is 5.94. The number of fused-ring (bicyclic) bond motifs is 2. The molecule has 0 fully saturated rings. The van der Waals surface area contributed by atoms with Gasteiger partial charge in [0.15, 0.2) is 0 Å². The van der Waals surface area contributed by atoms with E-state index in [2.05, 4.69) is 22.7 Å². The minimum absolute atomic E-state index is 0.215. The van der Waals surface area contributed by atoms with Crippen molar-refractivity contribution in [2.45, 2.75) is 0 Å². The van der Waals surface area contributed by atoms with Gasteiger partial charge < -0.3 is 4.57 Å². The fraction of sp³-hybridized carbons (Fsp3) is 0.0476. The maximum atomic E-state index is 12.5. The molecule has 0 saturated carbocycles. The fourth-order valence-corrected chi connectivity index (χ4v) is 3.11. The van der Waals surface area contributed by atoms with Crippen molar-refractivity contribution in [1.82, 2.24) is 9.99 Å². The van der Waals surface area contributed by atoms with Gasteiger partial charge in [0.05, 0.1) is 11.8 Å². The van der Waals surface area contributed by atoms with E-state index in [4.69, 9.17) is 0 Å². The molecule has 3 aromatic carbocycles. The summed E-state index contributed by atoms with van der Waals surface area (Å²) in [6.45, 7) is 0. The van der Waals surface area contributed by atoms with Gasteiger partial charge in [0.25, 0.3) is 5.91 Å². The topological polar surface area (TPSA) is 46.4 Å². The molecule has 0 spiro atoms. The van der Waals surface area contributed by atoms with Crippen molar-refractivity contribution in [2.24, 2.45) is 12.1 Å². The fourth-order valence-electron chi connectivity index (χ4n) is 3.11. The van der Waals surface area contributed by atoms with Crippen LogP contribution in [0.5, 0.6) is 0 Å². The van der Waals surface area contributed by atoms with Gasteiger partial charge in [-0.25, -0.2) is 5.43 Å². The summed E-state index contributed by atoms with van der Waals surface area (Å²) in [7, 11) is 1.93. The Kier molecular flexibility index (Phi) is 3.78. The zero-order valence-corrected chi connectivity index (χ0v) is 13.8. The van der Waals surface area contributed by atoms with Crippen LogP contribution in [0.2, 0.25) is 0 Å². The summed E-state index contributed by atoms with van der Waals surface area (Å²) in [6, 6.07) is 21.9. The van der Waals surface area contributed by atoms with Crippen molar-refractivity contribution >= 4 is 33.8 Å². The molecular formula is C21H17N3O. The monoisotopic (exact) mass is 327 g/mol. The Morgan fingerprint density at radius 3 is 2.56 bits per heavy atom. The van der Waals surface area contributed by atoms with Gasteiger partial charge >= 0.3 is 0 Å². The third-order valence-corrected chi connectivity index (χ3v) is 4.33. The second kappa shape index (κ2) is 6.24. The number of benzene rings is 3. The number of nitrogens with one attached hydrogen (secondary N) is 1. The molecule has 1 N–H and O–H groups in total. The van der Waals surface area contributed by atoms with Crippen LogP contribution in [0.3, 0.4) is 0 Å². The van der Waals surface area contributed by atoms with Crippen LogP contribution in [0.15, 0.2) is 78.0 Å². The summed E-state index contributed by atoms with van der Waals surface area (Å²) in [6.07, 6.45) is 3.51. The highest BCUT2D eigenvalue weighted by molar-refractivity contribution is 6.07. The molecule has 0 unspecified atom stereocenters. The summed E-state index contributed by atoms with van der Waals surface area (Å²) in [5.74, 6) is -0.215. The third kappa shape index (κ3) is 2.78. The minimum atomic E-state index is -0.215. The number of carbonyl (C=O) groups excluding carboxylic acids is 1. The van der Waals surface area contributed by atoms with Crippen molar-refractivity contribution in [1.29, 1.82) is 0 Å². The Balaban J connectivity index is 1.60. The van der Waals surface area contributed by atoms with Crippen LogP contribution in [0, 0.1) is 0 Å². The van der Waals surface area contributed by atoms with Gasteiger partial charge in [0.2, 0.25) is 0 Å². The number of nitrogens with zero attached hydrogens (tertiary/aromatic N) is 2. The molecule has 4 nitrogen and oxygen atoms in total. The van der Waals surface area contributed by atoms with Crippen LogP contribution in [-0.2, 0) is 7.05 Å². The average Bonchev–Trinajstić information content (AvgIpc) is 2.99. The van der Waals surface area contributed by atoms with E-state index in [1.54, 1.807) is 6.21 Å². The van der Waals surface area contributed by atoms with Crippen LogP contribution in [-0.4, -0.2) is 16.7 Å². The first kappa shape index (κ1) is 15.1. The molecule has 1 amide bonds. The van der Waals surface area contributed by atoms with E-state index in [0.717, 1.165) is 27.2 Å². The Morgan fingerprint density at radius 2 is 1.68 bits per heavy atom. The maximum absolute atomic E-state index is 12.5. The van der Waals surface area contributed by atoms with Crippen LogP contribution in [0.4, 0.5) is 0 Å². The molecule has 25 heavy (non-hydrogen) atoms. The first-order valence-electron chi connectivity index (χ1n) is 8.09. The van der Waals surface area contributed by atoms with E-state index in [1.165, 1.54) is 0 Å². The van der Waals surface area contributed by atoms with Gasteiger partial charge in [-0.2, -0.15) is 5.10 Å². The van der Waals surface area contributed by atoms with Crippen LogP contribution in [0.25, 0.3) is 21.7 Å². The van der Waals surface area contributed by atoms with Crippen molar-refractivity contribution in [3.63, 3.8) is 0 Å². The SMILES string of the molecule is Cn1cc(C(=O)N/N=C/c2cccc3ccccc23)c2ccccc21. The molecule has 0 bridgehead atoms. The lowest BCUT2D eigenvalue weighted by molar-refractivity contribution is 0.0956. The summed E-state index contributed by atoms with van der Waals surface area (Å²) >= 11 is 0. The van der Waals surface area contributed by atoms with E-state index < -0.39 is 0 Å². The highest BCUT2D eigenvalue weighted by Gasteiger charge is 2.12. The van der Waals surface area contributed by atoms with Gasteiger partial charge in [-0.15, -0.1) is 0 Å². The molecular weight excluding hydrogens is 310 g/mol. The van der Waals surface area contributed by atoms with E-state index in [9.17, 15) is 4.79 Å². The highest BCUT2D eigenvalue weighted by Crippen LogP contribution is 2.20. The van der Waals surface area contributed by atoms with Gasteiger partial charge in [-0.05, 0) is 16.8 Å². The smallest absolute Gasteiger partial charge is 0.273 e. The quantitative estimate of drug-likeness (QED) is 0.447. The molecule has 4 heteroatoms. The number of carbonyl (C=O) groups is 1. The van der Waals surface area contributed by atoms with Gasteiger partial charge in [-0.3, -0.25) is 4.79 Å². The van der Waals surface area contributed by atoms with Crippen molar-refractivity contribution in [2.75, 3.05) is 0 Å². The molecule has 0 aliphatic rings. The zero-order valence-electron chi connectivity index (χ0n) is 13.8. The van der Waals surface area contributed by atoms with Gasteiger partial charge in [0.1, 0.15) is 0 Å². The molecule has 0 saturated heterocycles. The summed E-state index contributed by atoms with van der Waals surface area (Å²) in [4.78, 5) is 12.5. The Hall–Kier alpha value is -3.40. The zero-order chi connectivity index (χ0) is 17.2. The highest BCUT2D eigenvalue weighted by atomic mass is 16.2. The number of aryl methyl sites for hydroxylation is 1. The number of hydrazone groups is 1. The lowest BCUT2D eigenvalue weighted by atomic mass is 10.1. The van der Waals surface area contributed by atoms with E-state index in [0.29, 0.717) is 5.56 Å². The standard InChI is InChI=1S/C21H17N3O/c1-24-14-19(18-11-4-5-12-20(18)24)21(25)23-22-13-16-9-6-8-15-7-2-3-10-17(15)16/h2-14H,1H3,(H,23,25)/b22-13+. The molecule has 0 radical (unpaired) electrons. The molecule has 0 aliphatic carbocycles. The molecule has 1 aromatic heterocycles. The lowest BCUT2D eigenvalue weighted by Gasteiger charge is -2.02. The Morgan fingerprint density at radius 1 is 0.960 bits per heavy atom. The number of rotatable bonds is 3.